The van der Waals surface area contributed by atoms with E-state index in [0.717, 1.165) is 0 Å². The Hall–Kier alpha value is -0.420. The lowest BCUT2D eigenvalue weighted by molar-refractivity contribution is -0.289. The van der Waals surface area contributed by atoms with Crippen molar-refractivity contribution in [3.8, 4) is 0 Å². The maximum absolute atomic E-state index is 12.4. The van der Waals surface area contributed by atoms with Gasteiger partial charge in [0.2, 0.25) is 0 Å². The van der Waals surface area contributed by atoms with Crippen molar-refractivity contribution in [2.75, 3.05) is 0 Å². The van der Waals surface area contributed by atoms with Crippen LogP contribution in [0.2, 0.25) is 0 Å². The first kappa shape index (κ1) is 16.6. The molecule has 0 amide bonds. The molecule has 0 aliphatic rings. The summed E-state index contributed by atoms with van der Waals surface area (Å²) in [7, 11) is 0. The summed E-state index contributed by atoms with van der Waals surface area (Å²) >= 11 is 0. The molecule has 0 aliphatic heterocycles. The van der Waals surface area contributed by atoms with Crippen LogP contribution in [0.15, 0.2) is 0 Å². The Morgan fingerprint density at radius 1 is 0.824 bits per heavy atom. The second-order valence-corrected chi connectivity index (χ2v) is 5.34. The molecule has 0 aromatic carbocycles. The summed E-state index contributed by atoms with van der Waals surface area (Å²) in [6.07, 6.45) is -11.0. The molecule has 6 heteroatoms. The first-order valence-corrected chi connectivity index (χ1v) is 5.43. The summed E-state index contributed by atoms with van der Waals surface area (Å²) in [6, 6.07) is 0. The van der Waals surface area contributed by atoms with E-state index in [-0.39, 0.29) is 0 Å². The molecule has 0 fully saturated rings. The fourth-order valence-electron chi connectivity index (χ4n) is 1.87. The van der Waals surface area contributed by atoms with E-state index in [4.69, 9.17) is 0 Å². The van der Waals surface area contributed by atoms with Crippen LogP contribution >= 0.6 is 0 Å². The highest BCUT2D eigenvalue weighted by molar-refractivity contribution is 4.82. The number of halogens is 6. The molecule has 1 atom stereocenters. The van der Waals surface area contributed by atoms with Gasteiger partial charge in [-0.3, -0.25) is 0 Å². The predicted octanol–water partition coefficient (Wildman–Crippen LogP) is 5.19. The van der Waals surface area contributed by atoms with Crippen molar-refractivity contribution >= 4 is 0 Å². The third kappa shape index (κ3) is 5.17. The highest BCUT2D eigenvalue weighted by Crippen LogP contribution is 2.46. The Morgan fingerprint density at radius 3 is 1.35 bits per heavy atom. The van der Waals surface area contributed by atoms with Crippen LogP contribution in [0.25, 0.3) is 0 Å². The van der Waals surface area contributed by atoms with Crippen molar-refractivity contribution in [3.05, 3.63) is 0 Å². The second-order valence-electron chi connectivity index (χ2n) is 5.34. The fourth-order valence-corrected chi connectivity index (χ4v) is 1.87. The van der Waals surface area contributed by atoms with Crippen LogP contribution in [-0.2, 0) is 0 Å². The summed E-state index contributed by atoms with van der Waals surface area (Å²) in [5.41, 5.74) is -0.566. The van der Waals surface area contributed by atoms with Gasteiger partial charge in [-0.2, -0.15) is 26.3 Å². The van der Waals surface area contributed by atoms with Crippen LogP contribution in [0.4, 0.5) is 26.3 Å². The quantitative estimate of drug-likeness (QED) is 0.615. The highest BCUT2D eigenvalue weighted by atomic mass is 19.4. The average molecular weight is 264 g/mol. The molecule has 0 N–H and O–H groups in total. The van der Waals surface area contributed by atoms with Gasteiger partial charge in [-0.1, -0.05) is 34.1 Å². The Kier molecular flexibility index (Phi) is 4.94. The van der Waals surface area contributed by atoms with Gasteiger partial charge in [-0.25, -0.2) is 0 Å². The molecule has 0 spiro atoms. The standard InChI is InChI=1S/C11H18F6/c1-5-7(9(2,3)4)6-8(10(12,13)14)11(15,16)17/h7-8H,5-6H2,1-4H3. The molecule has 0 saturated carbocycles. The molecule has 0 aromatic rings. The van der Waals surface area contributed by atoms with Crippen molar-refractivity contribution in [3.63, 3.8) is 0 Å². The molecule has 0 bridgehead atoms. The van der Waals surface area contributed by atoms with Crippen molar-refractivity contribution in [2.45, 2.75) is 52.9 Å². The van der Waals surface area contributed by atoms with E-state index in [1.807, 2.05) is 0 Å². The highest BCUT2D eigenvalue weighted by Gasteiger charge is 2.57. The van der Waals surface area contributed by atoms with Crippen molar-refractivity contribution in [1.29, 1.82) is 0 Å². The Balaban J connectivity index is 5.01. The molecule has 0 aliphatic carbocycles. The SMILES string of the molecule is CCC(CC(C(F)(F)F)C(F)(F)F)C(C)(C)C. The molecule has 1 unspecified atom stereocenters. The van der Waals surface area contributed by atoms with Gasteiger partial charge < -0.3 is 0 Å². The van der Waals surface area contributed by atoms with E-state index in [9.17, 15) is 26.3 Å². The lowest BCUT2D eigenvalue weighted by Crippen LogP contribution is -2.39. The van der Waals surface area contributed by atoms with Crippen LogP contribution in [0, 0.1) is 17.3 Å². The van der Waals surface area contributed by atoms with Gasteiger partial charge in [0.05, 0.1) is 0 Å². The molecule has 0 heterocycles. The maximum atomic E-state index is 12.4. The van der Waals surface area contributed by atoms with E-state index in [0.29, 0.717) is 6.42 Å². The normalized spacial score (nSPS) is 16.4. The number of hydrogen-bond acceptors (Lipinski definition) is 0. The monoisotopic (exact) mass is 264 g/mol. The molecule has 0 aromatic heterocycles. The average Bonchev–Trinajstić information content (AvgIpc) is 1.97. The lowest BCUT2D eigenvalue weighted by atomic mass is 9.74. The van der Waals surface area contributed by atoms with Crippen LogP contribution < -0.4 is 0 Å². The smallest absolute Gasteiger partial charge is 0.170 e. The summed E-state index contributed by atoms with van der Waals surface area (Å²) < 4.78 is 74.3. The fraction of sp³-hybridized carbons (Fsp3) is 1.00. The van der Waals surface area contributed by atoms with Gasteiger partial charge in [0, 0.05) is 0 Å². The summed E-state index contributed by atoms with van der Waals surface area (Å²) in [6.45, 7) is 6.58. The van der Waals surface area contributed by atoms with Gasteiger partial charge in [0.15, 0.2) is 5.92 Å². The lowest BCUT2D eigenvalue weighted by Gasteiger charge is -2.34. The third-order valence-corrected chi connectivity index (χ3v) is 3.03. The molecule has 0 radical (unpaired) electrons. The minimum atomic E-state index is -5.23. The van der Waals surface area contributed by atoms with E-state index >= 15 is 0 Å². The van der Waals surface area contributed by atoms with Crippen LogP contribution in [0.5, 0.6) is 0 Å². The number of hydrogen-bond donors (Lipinski definition) is 0. The molecule has 17 heavy (non-hydrogen) atoms. The van der Waals surface area contributed by atoms with E-state index < -0.39 is 36.0 Å². The maximum Gasteiger partial charge on any atom is 0.400 e. The summed E-state index contributed by atoms with van der Waals surface area (Å²) in [4.78, 5) is 0. The zero-order valence-electron chi connectivity index (χ0n) is 10.3. The Labute approximate surface area is 97.4 Å². The molecule has 104 valence electrons. The summed E-state index contributed by atoms with van der Waals surface area (Å²) in [5, 5.41) is 0. The van der Waals surface area contributed by atoms with Gasteiger partial charge in [-0.05, 0) is 17.8 Å². The number of alkyl halides is 6. The minimum absolute atomic E-state index is 0.298. The molecular weight excluding hydrogens is 246 g/mol. The molecule has 0 saturated heterocycles. The summed E-state index contributed by atoms with van der Waals surface area (Å²) in [5.74, 6) is -3.84. The molecular formula is C11H18F6. The number of rotatable bonds is 3. The largest absolute Gasteiger partial charge is 0.400 e. The topological polar surface area (TPSA) is 0 Å². The molecule has 0 rings (SSSR count). The zero-order chi connectivity index (χ0) is 14.1. The van der Waals surface area contributed by atoms with Gasteiger partial charge in [-0.15, -0.1) is 0 Å². The zero-order valence-corrected chi connectivity index (χ0v) is 10.3. The predicted molar refractivity (Wildman–Crippen MR) is 53.5 cm³/mol. The van der Waals surface area contributed by atoms with Crippen molar-refractivity contribution < 1.29 is 26.3 Å². The van der Waals surface area contributed by atoms with Crippen molar-refractivity contribution in [1.82, 2.24) is 0 Å². The van der Waals surface area contributed by atoms with E-state index in [2.05, 4.69) is 0 Å². The van der Waals surface area contributed by atoms with Crippen LogP contribution in [-0.4, -0.2) is 12.4 Å². The van der Waals surface area contributed by atoms with E-state index in [1.54, 1.807) is 27.7 Å². The molecule has 0 nitrogen and oxygen atoms in total. The van der Waals surface area contributed by atoms with Crippen LogP contribution in [0.3, 0.4) is 0 Å². The third-order valence-electron chi connectivity index (χ3n) is 3.03. The Bertz CT molecular complexity index is 218. The minimum Gasteiger partial charge on any atom is -0.170 e. The van der Waals surface area contributed by atoms with E-state index in [1.165, 1.54) is 0 Å². The van der Waals surface area contributed by atoms with Crippen molar-refractivity contribution in [2.24, 2.45) is 17.3 Å². The van der Waals surface area contributed by atoms with Gasteiger partial charge in [0.1, 0.15) is 0 Å². The van der Waals surface area contributed by atoms with Gasteiger partial charge in [0.25, 0.3) is 0 Å². The Morgan fingerprint density at radius 2 is 1.18 bits per heavy atom. The second kappa shape index (κ2) is 5.06. The van der Waals surface area contributed by atoms with Gasteiger partial charge >= 0.3 is 12.4 Å². The first-order valence-electron chi connectivity index (χ1n) is 5.43. The first-order chi connectivity index (χ1) is 7.30. The van der Waals surface area contributed by atoms with Crippen LogP contribution in [0.1, 0.15) is 40.5 Å².